The van der Waals surface area contributed by atoms with Gasteiger partial charge in [-0.05, 0) is 0 Å². The highest BCUT2D eigenvalue weighted by atomic mass is 127. The van der Waals surface area contributed by atoms with Gasteiger partial charge in [0.15, 0.2) is 0 Å². The molecule has 0 spiro atoms. The third kappa shape index (κ3) is 15.1. The predicted octanol–water partition coefficient (Wildman–Crippen LogP) is 0.509. The number of ether oxygens (including phenoxy) is 5. The zero-order valence-corrected chi connectivity index (χ0v) is 16.6. The number of hydrogen-bond acceptors (Lipinski definition) is 7. The largest absolute Gasteiger partial charge is 0.469 e. The van der Waals surface area contributed by atoms with Crippen molar-refractivity contribution in [3.8, 4) is 0 Å². The Balaban J connectivity index is 3.15. The molecule has 0 aromatic heterocycles. The van der Waals surface area contributed by atoms with Crippen molar-refractivity contribution < 1.29 is 33.3 Å². The van der Waals surface area contributed by atoms with Gasteiger partial charge >= 0.3 is 5.97 Å². The molecule has 1 amide bonds. The summed E-state index contributed by atoms with van der Waals surface area (Å²) in [6.07, 6.45) is 0.252. The molecule has 0 saturated heterocycles. The zero-order valence-electron chi connectivity index (χ0n) is 14.5. The number of nitrogens with zero attached hydrogens (tertiary/aromatic N) is 1. The van der Waals surface area contributed by atoms with E-state index in [1.165, 1.54) is 7.11 Å². The summed E-state index contributed by atoms with van der Waals surface area (Å²) in [5.41, 5.74) is 0. The molecular formula is C15H28INO7. The average Bonchev–Trinajstić information content (AvgIpc) is 2.60. The Labute approximate surface area is 157 Å². The summed E-state index contributed by atoms with van der Waals surface area (Å²) < 4.78 is 26.2. The number of amides is 1. The fraction of sp³-hybridized carbons (Fsp3) is 0.867. The van der Waals surface area contributed by atoms with Crippen LogP contribution in [-0.4, -0.2) is 94.8 Å². The Hall–Kier alpha value is -0.490. The van der Waals surface area contributed by atoms with E-state index in [9.17, 15) is 9.59 Å². The maximum absolute atomic E-state index is 11.3. The van der Waals surface area contributed by atoms with Gasteiger partial charge in [-0.25, -0.2) is 0 Å². The molecule has 8 nitrogen and oxygen atoms in total. The number of rotatable bonds is 16. The number of alkyl halides is 1. The van der Waals surface area contributed by atoms with E-state index in [0.717, 1.165) is 0 Å². The monoisotopic (exact) mass is 461 g/mol. The molecule has 0 aliphatic rings. The average molecular weight is 461 g/mol. The van der Waals surface area contributed by atoms with Crippen LogP contribution < -0.4 is 0 Å². The van der Waals surface area contributed by atoms with E-state index in [1.54, 1.807) is 11.9 Å². The molecule has 0 saturated carbocycles. The van der Waals surface area contributed by atoms with Crippen LogP contribution in [0, 0.1) is 0 Å². The van der Waals surface area contributed by atoms with Gasteiger partial charge in [0.1, 0.15) is 0 Å². The second-order valence-electron chi connectivity index (χ2n) is 4.72. The van der Waals surface area contributed by atoms with Gasteiger partial charge in [-0.3, -0.25) is 9.59 Å². The highest BCUT2D eigenvalue weighted by Gasteiger charge is 2.05. The maximum atomic E-state index is 11.3. The van der Waals surface area contributed by atoms with Crippen LogP contribution >= 0.6 is 22.6 Å². The highest BCUT2D eigenvalue weighted by molar-refractivity contribution is 14.1. The first-order chi connectivity index (χ1) is 11.6. The molecule has 0 bridgehead atoms. The summed E-state index contributed by atoms with van der Waals surface area (Å²) in [7, 11) is 3.11. The van der Waals surface area contributed by atoms with E-state index in [4.69, 9.17) is 18.9 Å². The zero-order chi connectivity index (χ0) is 18.0. The van der Waals surface area contributed by atoms with Gasteiger partial charge < -0.3 is 28.6 Å². The number of esters is 1. The summed E-state index contributed by atoms with van der Waals surface area (Å²) >= 11 is 2.04. The smallest absolute Gasteiger partial charge is 0.307 e. The molecular weight excluding hydrogens is 433 g/mol. The lowest BCUT2D eigenvalue weighted by atomic mass is 10.5. The van der Waals surface area contributed by atoms with Crippen LogP contribution in [0.3, 0.4) is 0 Å². The number of carbonyl (C=O) groups is 2. The number of methoxy groups -OCH3 is 1. The summed E-state index contributed by atoms with van der Waals surface area (Å²) in [5, 5.41) is 0. The molecule has 0 radical (unpaired) electrons. The highest BCUT2D eigenvalue weighted by Crippen LogP contribution is 1.91. The molecule has 0 aromatic carbocycles. The van der Waals surface area contributed by atoms with Crippen LogP contribution in [0.4, 0.5) is 0 Å². The van der Waals surface area contributed by atoms with Crippen LogP contribution in [0.2, 0.25) is 0 Å². The molecule has 0 aliphatic carbocycles. The first-order valence-corrected chi connectivity index (χ1v) is 9.32. The fourth-order valence-corrected chi connectivity index (χ4v) is 2.03. The Kier molecular flexibility index (Phi) is 17.0. The molecule has 0 N–H and O–H groups in total. The number of halogens is 1. The van der Waals surface area contributed by atoms with Crippen molar-refractivity contribution in [3.63, 3.8) is 0 Å². The van der Waals surface area contributed by atoms with Crippen LogP contribution in [0.15, 0.2) is 0 Å². The number of hydrogen-bond donors (Lipinski definition) is 0. The molecule has 0 aromatic rings. The summed E-state index contributed by atoms with van der Waals surface area (Å²) in [6.45, 7) is 4.25. The lowest BCUT2D eigenvalue weighted by Crippen LogP contribution is -2.31. The topological polar surface area (TPSA) is 83.5 Å². The van der Waals surface area contributed by atoms with E-state index in [1.807, 2.05) is 22.6 Å². The molecule has 0 atom stereocenters. The van der Waals surface area contributed by atoms with Crippen LogP contribution in [0.25, 0.3) is 0 Å². The fourth-order valence-electron chi connectivity index (χ4n) is 1.45. The van der Waals surface area contributed by atoms with Crippen molar-refractivity contribution in [1.82, 2.24) is 4.90 Å². The summed E-state index contributed by atoms with van der Waals surface area (Å²) in [4.78, 5) is 23.8. The standard InChI is InChI=1S/C15H28INO7/c1-17(14(18)13-16)4-6-22-8-10-24-12-11-23-9-7-21-5-3-15(19)20-2/h3-13H2,1-2H3. The molecule has 0 fully saturated rings. The van der Waals surface area contributed by atoms with Crippen LogP contribution in [-0.2, 0) is 33.3 Å². The Bertz CT molecular complexity index is 331. The van der Waals surface area contributed by atoms with Gasteiger partial charge in [0.25, 0.3) is 0 Å². The first kappa shape index (κ1) is 23.5. The van der Waals surface area contributed by atoms with Gasteiger partial charge in [0.2, 0.25) is 5.91 Å². The van der Waals surface area contributed by atoms with Crippen molar-refractivity contribution in [3.05, 3.63) is 0 Å². The minimum atomic E-state index is -0.283. The summed E-state index contributed by atoms with van der Waals surface area (Å²) in [5.74, 6) is -0.184. The van der Waals surface area contributed by atoms with Gasteiger partial charge in [0.05, 0.1) is 70.8 Å². The quantitative estimate of drug-likeness (QED) is 0.143. The normalized spacial score (nSPS) is 10.6. The summed E-state index contributed by atoms with van der Waals surface area (Å²) in [6, 6.07) is 0. The Morgan fingerprint density at radius 3 is 1.75 bits per heavy atom. The van der Waals surface area contributed by atoms with Crippen molar-refractivity contribution in [1.29, 1.82) is 0 Å². The lowest BCUT2D eigenvalue weighted by Gasteiger charge is -2.15. The molecule has 9 heteroatoms. The van der Waals surface area contributed by atoms with E-state index < -0.39 is 0 Å². The van der Waals surface area contributed by atoms with Crippen molar-refractivity contribution in [2.24, 2.45) is 0 Å². The van der Waals surface area contributed by atoms with Gasteiger partial charge in [-0.1, -0.05) is 22.6 Å². The maximum Gasteiger partial charge on any atom is 0.307 e. The van der Waals surface area contributed by atoms with Crippen LogP contribution in [0.1, 0.15) is 6.42 Å². The molecule has 142 valence electrons. The van der Waals surface area contributed by atoms with Crippen molar-refractivity contribution >= 4 is 34.5 Å². The van der Waals surface area contributed by atoms with Gasteiger partial charge in [-0.2, -0.15) is 0 Å². The van der Waals surface area contributed by atoms with Crippen molar-refractivity contribution in [2.75, 3.05) is 78.0 Å². The number of likely N-dealkylation sites (N-methyl/N-ethyl adjacent to an activating group) is 1. The Morgan fingerprint density at radius 1 is 0.833 bits per heavy atom. The third-order valence-electron chi connectivity index (χ3n) is 2.91. The first-order valence-electron chi connectivity index (χ1n) is 7.79. The van der Waals surface area contributed by atoms with E-state index >= 15 is 0 Å². The Morgan fingerprint density at radius 2 is 1.29 bits per heavy atom. The molecule has 0 aliphatic heterocycles. The predicted molar refractivity (Wildman–Crippen MR) is 96.4 cm³/mol. The lowest BCUT2D eigenvalue weighted by molar-refractivity contribution is -0.142. The van der Waals surface area contributed by atoms with Gasteiger partial charge in [0, 0.05) is 13.6 Å². The minimum absolute atomic E-state index is 0.0990. The second-order valence-corrected chi connectivity index (χ2v) is 5.49. The van der Waals surface area contributed by atoms with Gasteiger partial charge in [-0.15, -0.1) is 0 Å². The van der Waals surface area contributed by atoms with E-state index in [0.29, 0.717) is 63.8 Å². The molecule has 0 unspecified atom stereocenters. The number of carbonyl (C=O) groups excluding carboxylic acids is 2. The second kappa shape index (κ2) is 17.3. The van der Waals surface area contributed by atoms with E-state index in [2.05, 4.69) is 4.74 Å². The molecule has 0 heterocycles. The minimum Gasteiger partial charge on any atom is -0.469 e. The molecule has 0 rings (SSSR count). The SMILES string of the molecule is COC(=O)CCOCCOCCOCCOCCN(C)C(=O)CI. The molecule has 24 heavy (non-hydrogen) atoms. The van der Waals surface area contributed by atoms with E-state index in [-0.39, 0.29) is 18.3 Å². The third-order valence-corrected chi connectivity index (χ3v) is 3.56. The van der Waals surface area contributed by atoms with Crippen LogP contribution in [0.5, 0.6) is 0 Å². The van der Waals surface area contributed by atoms with Crippen molar-refractivity contribution in [2.45, 2.75) is 6.42 Å².